The highest BCUT2D eigenvalue weighted by molar-refractivity contribution is 5.80. The van der Waals surface area contributed by atoms with Crippen molar-refractivity contribution >= 4 is 5.91 Å². The van der Waals surface area contributed by atoms with E-state index >= 15 is 0 Å². The maximum absolute atomic E-state index is 11.9. The van der Waals surface area contributed by atoms with Crippen LogP contribution in [0.1, 0.15) is 71.6 Å². The van der Waals surface area contributed by atoms with Crippen LogP contribution in [0.2, 0.25) is 0 Å². The van der Waals surface area contributed by atoms with Crippen LogP contribution in [0, 0.1) is 17.3 Å². The molecule has 7 heteroatoms. The molecule has 0 bridgehead atoms. The van der Waals surface area contributed by atoms with Gasteiger partial charge in [-0.15, -0.1) is 0 Å². The summed E-state index contributed by atoms with van der Waals surface area (Å²) in [5, 5.41) is 0. The number of hydrogen-bond acceptors (Lipinski definition) is 4. The number of nitrogens with two attached hydrogens (primary N) is 2. The van der Waals surface area contributed by atoms with E-state index in [0.717, 1.165) is 45.3 Å². The van der Waals surface area contributed by atoms with Crippen molar-refractivity contribution in [3.8, 4) is 33.6 Å². The zero-order valence-corrected chi connectivity index (χ0v) is 23.2. The Hall–Kier alpha value is -3.71. The van der Waals surface area contributed by atoms with E-state index in [2.05, 4.69) is 96.2 Å². The topological polar surface area (TPSA) is 126 Å². The van der Waals surface area contributed by atoms with Crippen LogP contribution in [-0.4, -0.2) is 25.8 Å². The number of imidazole rings is 2. The SMILES string of the molecule is CC(C)[C@H](N)c1ncc(-c2ccc(-c3ccc(-c4cnc([C@@H](CC(C)(C)C(N)=O)C(C)C)[nH]4)cc3)cc2)[nH]1. The molecular weight excluding hydrogens is 472 g/mol. The van der Waals surface area contributed by atoms with Gasteiger partial charge in [-0.1, -0.05) is 90.1 Å². The molecule has 6 N–H and O–H groups in total. The molecule has 0 radical (unpaired) electrons. The van der Waals surface area contributed by atoms with Crippen molar-refractivity contribution in [3.63, 3.8) is 0 Å². The van der Waals surface area contributed by atoms with Gasteiger partial charge in [-0.25, -0.2) is 9.97 Å². The number of carbonyl (C=O) groups is 1. The standard InChI is InChI=1S/C31H40N6O/c1-18(2)24(15-31(5,6)30(33)38)28-34-16-25(36-28)22-11-7-20(8-12-22)21-9-13-23(14-10-21)26-17-35-29(37-26)27(32)19(3)4/h7-14,16-19,24,27H,15,32H2,1-6H3,(H2,33,38)(H,34,36)(H,35,37)/t24-,27-/m0/s1. The lowest BCUT2D eigenvalue weighted by atomic mass is 9.77. The summed E-state index contributed by atoms with van der Waals surface area (Å²) in [5.41, 5.74) is 17.6. The fourth-order valence-corrected chi connectivity index (χ4v) is 4.62. The first-order valence-electron chi connectivity index (χ1n) is 13.3. The number of nitrogens with one attached hydrogen (secondary N) is 2. The third-order valence-corrected chi connectivity index (χ3v) is 7.50. The third-order valence-electron chi connectivity index (χ3n) is 7.50. The molecule has 2 aromatic heterocycles. The quantitative estimate of drug-likeness (QED) is 0.195. The number of aromatic amines is 2. The van der Waals surface area contributed by atoms with Gasteiger partial charge in [-0.2, -0.15) is 0 Å². The molecule has 2 heterocycles. The third kappa shape index (κ3) is 5.89. The molecule has 2 atom stereocenters. The van der Waals surface area contributed by atoms with Crippen molar-refractivity contribution in [1.29, 1.82) is 0 Å². The summed E-state index contributed by atoms with van der Waals surface area (Å²) >= 11 is 0. The predicted octanol–water partition coefficient (Wildman–Crippen LogP) is 6.43. The summed E-state index contributed by atoms with van der Waals surface area (Å²) in [6.45, 7) is 12.3. The molecule has 0 saturated carbocycles. The summed E-state index contributed by atoms with van der Waals surface area (Å²) in [4.78, 5) is 27.9. The number of nitrogens with zero attached hydrogens (tertiary/aromatic N) is 2. The van der Waals surface area contributed by atoms with Gasteiger partial charge < -0.3 is 21.4 Å². The molecule has 0 aliphatic heterocycles. The number of amides is 1. The van der Waals surface area contributed by atoms with Crippen molar-refractivity contribution in [2.75, 3.05) is 0 Å². The van der Waals surface area contributed by atoms with E-state index in [0.29, 0.717) is 18.3 Å². The maximum Gasteiger partial charge on any atom is 0.223 e. The zero-order valence-electron chi connectivity index (χ0n) is 23.2. The Morgan fingerprint density at radius 1 is 0.763 bits per heavy atom. The first kappa shape index (κ1) is 27.3. The van der Waals surface area contributed by atoms with Gasteiger partial charge in [0.2, 0.25) is 5.91 Å². The molecule has 0 aliphatic rings. The van der Waals surface area contributed by atoms with E-state index in [1.54, 1.807) is 0 Å². The number of hydrogen-bond donors (Lipinski definition) is 4. The summed E-state index contributed by atoms with van der Waals surface area (Å²) in [6.07, 6.45) is 4.36. The molecule has 0 fully saturated rings. The average molecular weight is 513 g/mol. The number of carbonyl (C=O) groups excluding carboxylic acids is 1. The van der Waals surface area contributed by atoms with Crippen LogP contribution in [0.15, 0.2) is 60.9 Å². The smallest absolute Gasteiger partial charge is 0.223 e. The minimum Gasteiger partial charge on any atom is -0.369 e. The van der Waals surface area contributed by atoms with Crippen LogP contribution < -0.4 is 11.5 Å². The first-order chi connectivity index (χ1) is 18.0. The van der Waals surface area contributed by atoms with Crippen LogP contribution in [0.4, 0.5) is 0 Å². The molecule has 4 rings (SSSR count). The van der Waals surface area contributed by atoms with Gasteiger partial charge in [0.05, 0.1) is 29.8 Å². The molecule has 0 unspecified atom stereocenters. The van der Waals surface area contributed by atoms with Gasteiger partial charge >= 0.3 is 0 Å². The Labute approximate surface area is 225 Å². The van der Waals surface area contributed by atoms with Gasteiger partial charge in [-0.3, -0.25) is 4.79 Å². The highest BCUT2D eigenvalue weighted by Crippen LogP contribution is 2.36. The minimum absolute atomic E-state index is 0.106. The van der Waals surface area contributed by atoms with Gasteiger partial charge in [0.25, 0.3) is 0 Å². The Kier molecular flexibility index (Phi) is 7.88. The van der Waals surface area contributed by atoms with Crippen LogP contribution >= 0.6 is 0 Å². The minimum atomic E-state index is -0.598. The lowest BCUT2D eigenvalue weighted by Crippen LogP contribution is -2.34. The summed E-state index contributed by atoms with van der Waals surface area (Å²) in [7, 11) is 0. The molecule has 0 saturated heterocycles. The van der Waals surface area contributed by atoms with Gasteiger partial charge in [-0.05, 0) is 40.5 Å². The van der Waals surface area contributed by atoms with Crippen LogP contribution in [0.25, 0.3) is 33.6 Å². The second-order valence-electron chi connectivity index (χ2n) is 11.6. The fourth-order valence-electron chi connectivity index (χ4n) is 4.62. The summed E-state index contributed by atoms with van der Waals surface area (Å²) < 4.78 is 0. The van der Waals surface area contributed by atoms with Gasteiger partial charge in [0.1, 0.15) is 11.6 Å². The number of aromatic nitrogens is 4. The van der Waals surface area contributed by atoms with E-state index in [9.17, 15) is 4.79 Å². The Morgan fingerprint density at radius 3 is 1.61 bits per heavy atom. The Balaban J connectivity index is 1.49. The lowest BCUT2D eigenvalue weighted by molar-refractivity contribution is -0.126. The zero-order chi connectivity index (χ0) is 27.6. The molecule has 1 amide bonds. The Morgan fingerprint density at radius 2 is 1.18 bits per heavy atom. The molecule has 38 heavy (non-hydrogen) atoms. The fraction of sp³-hybridized carbons (Fsp3) is 0.387. The highest BCUT2D eigenvalue weighted by Gasteiger charge is 2.32. The number of primary amides is 1. The molecule has 4 aromatic rings. The molecule has 0 spiro atoms. The number of H-pyrrole nitrogens is 2. The summed E-state index contributed by atoms with van der Waals surface area (Å²) in [5.74, 6) is 2.16. The Bertz CT molecular complexity index is 1360. The highest BCUT2D eigenvalue weighted by atomic mass is 16.1. The monoisotopic (exact) mass is 512 g/mol. The van der Waals surface area contributed by atoms with Crippen molar-refractivity contribution in [2.45, 2.75) is 59.9 Å². The van der Waals surface area contributed by atoms with Crippen molar-refractivity contribution < 1.29 is 4.79 Å². The van der Waals surface area contributed by atoms with Crippen LogP contribution in [-0.2, 0) is 4.79 Å². The number of benzene rings is 2. The van der Waals surface area contributed by atoms with Gasteiger partial charge in [0, 0.05) is 11.3 Å². The second kappa shape index (κ2) is 11.0. The lowest BCUT2D eigenvalue weighted by Gasteiger charge is -2.28. The molecule has 0 aliphatic carbocycles. The van der Waals surface area contributed by atoms with E-state index in [4.69, 9.17) is 11.5 Å². The molecule has 200 valence electrons. The normalized spacial score (nSPS) is 13.7. The largest absolute Gasteiger partial charge is 0.369 e. The van der Waals surface area contributed by atoms with Crippen LogP contribution in [0.5, 0.6) is 0 Å². The van der Waals surface area contributed by atoms with E-state index in [-0.39, 0.29) is 17.9 Å². The van der Waals surface area contributed by atoms with E-state index < -0.39 is 5.41 Å². The van der Waals surface area contributed by atoms with Crippen molar-refractivity contribution in [1.82, 2.24) is 19.9 Å². The van der Waals surface area contributed by atoms with Crippen molar-refractivity contribution in [2.24, 2.45) is 28.7 Å². The van der Waals surface area contributed by atoms with Crippen molar-refractivity contribution in [3.05, 3.63) is 72.6 Å². The van der Waals surface area contributed by atoms with Gasteiger partial charge in [0.15, 0.2) is 0 Å². The predicted molar refractivity (Wildman–Crippen MR) is 154 cm³/mol. The molecule has 2 aromatic carbocycles. The molecular formula is C31H40N6O. The second-order valence-corrected chi connectivity index (χ2v) is 11.6. The average Bonchev–Trinajstić information content (AvgIpc) is 3.57. The van der Waals surface area contributed by atoms with Crippen LogP contribution in [0.3, 0.4) is 0 Å². The number of rotatable bonds is 10. The maximum atomic E-state index is 11.9. The molecule has 7 nitrogen and oxygen atoms in total. The van der Waals surface area contributed by atoms with E-state index in [1.807, 2.05) is 26.2 Å². The van der Waals surface area contributed by atoms with E-state index in [1.165, 1.54) is 0 Å². The first-order valence-corrected chi connectivity index (χ1v) is 13.3. The summed E-state index contributed by atoms with van der Waals surface area (Å²) in [6, 6.07) is 16.8.